The van der Waals surface area contributed by atoms with Gasteiger partial charge in [-0.25, -0.2) is 0 Å². The van der Waals surface area contributed by atoms with Gasteiger partial charge < -0.3 is 10.1 Å². The molecule has 0 aliphatic carbocycles. The fraction of sp³-hybridized carbons (Fsp3) is 0.960. The highest BCUT2D eigenvalue weighted by atomic mass is 16.6. The average Bonchev–Trinajstić information content (AvgIpc) is 3.20. The van der Waals surface area contributed by atoms with Gasteiger partial charge in [-0.2, -0.15) is 0 Å². The fourth-order valence-electron chi connectivity index (χ4n) is 4.46. The molecular formula is C25H50NO2+. The van der Waals surface area contributed by atoms with Crippen LogP contribution < -0.4 is 5.32 Å². The molecule has 3 nitrogen and oxygen atoms in total. The summed E-state index contributed by atoms with van der Waals surface area (Å²) in [6.07, 6.45) is 22.1. The summed E-state index contributed by atoms with van der Waals surface area (Å²) in [4.78, 5) is 12.1. The molecule has 1 rings (SSSR count). The van der Waals surface area contributed by atoms with Gasteiger partial charge in [0.1, 0.15) is 5.60 Å². The van der Waals surface area contributed by atoms with Crippen LogP contribution in [0.15, 0.2) is 0 Å². The van der Waals surface area contributed by atoms with Crippen molar-refractivity contribution < 1.29 is 14.8 Å². The van der Waals surface area contributed by atoms with Crippen molar-refractivity contribution in [3.8, 4) is 0 Å². The minimum Gasteiger partial charge on any atom is -0.459 e. The van der Waals surface area contributed by atoms with E-state index >= 15 is 0 Å². The largest absolute Gasteiger partial charge is 0.459 e. The fourth-order valence-corrected chi connectivity index (χ4v) is 4.46. The number of unbranched alkanes of at least 4 members (excludes halogenated alkanes) is 14. The van der Waals surface area contributed by atoms with E-state index in [4.69, 9.17) is 4.74 Å². The van der Waals surface area contributed by atoms with Crippen LogP contribution in [0, 0.1) is 5.92 Å². The molecule has 1 unspecified atom stereocenters. The molecule has 0 saturated carbocycles. The van der Waals surface area contributed by atoms with Crippen molar-refractivity contribution in [2.45, 2.75) is 136 Å². The predicted octanol–water partition coefficient (Wildman–Crippen LogP) is 6.15. The lowest BCUT2D eigenvalue weighted by Crippen LogP contribution is -2.81. The first-order chi connectivity index (χ1) is 13.6. The zero-order valence-corrected chi connectivity index (χ0v) is 19.4. The van der Waals surface area contributed by atoms with Crippen LogP contribution in [0.1, 0.15) is 130 Å². The Labute approximate surface area is 175 Å². The summed E-state index contributed by atoms with van der Waals surface area (Å²) in [5.74, 6) is 0.518. The molecule has 1 aliphatic rings. The second-order valence-corrected chi connectivity index (χ2v) is 9.58. The summed E-state index contributed by atoms with van der Waals surface area (Å²) < 4.78 is 5.78. The minimum atomic E-state index is -0.292. The molecule has 166 valence electrons. The summed E-state index contributed by atoms with van der Waals surface area (Å²) >= 11 is 0. The highest BCUT2D eigenvalue weighted by molar-refractivity contribution is 5.69. The van der Waals surface area contributed by atoms with Gasteiger partial charge in [0.15, 0.2) is 0 Å². The quantitative estimate of drug-likeness (QED) is 0.223. The van der Waals surface area contributed by atoms with E-state index in [1.165, 1.54) is 103 Å². The first-order valence-corrected chi connectivity index (χ1v) is 12.6. The highest BCUT2D eigenvalue weighted by Crippen LogP contribution is 2.25. The third-order valence-corrected chi connectivity index (χ3v) is 6.51. The number of esters is 1. The lowest BCUT2D eigenvalue weighted by Gasteiger charge is -2.29. The second-order valence-electron chi connectivity index (χ2n) is 9.58. The van der Waals surface area contributed by atoms with Crippen LogP contribution >= 0.6 is 0 Å². The molecular weight excluding hydrogens is 346 g/mol. The first-order valence-electron chi connectivity index (χ1n) is 12.6. The van der Waals surface area contributed by atoms with Gasteiger partial charge in [-0.3, -0.25) is 4.79 Å². The maximum Gasteiger partial charge on any atom is 0.306 e. The molecule has 0 aromatic heterocycles. The van der Waals surface area contributed by atoms with E-state index in [1.54, 1.807) is 0 Å². The Bertz CT molecular complexity index is 375. The Morgan fingerprint density at radius 2 is 1.29 bits per heavy atom. The van der Waals surface area contributed by atoms with Crippen LogP contribution in [-0.4, -0.2) is 24.7 Å². The maximum absolute atomic E-state index is 12.1. The summed E-state index contributed by atoms with van der Waals surface area (Å²) in [7, 11) is 0. The van der Waals surface area contributed by atoms with Crippen LogP contribution in [0.2, 0.25) is 0 Å². The molecule has 0 aromatic rings. The number of carbonyl (C=O) groups excluding carboxylic acids is 1. The van der Waals surface area contributed by atoms with Crippen molar-refractivity contribution in [1.29, 1.82) is 0 Å². The van der Waals surface area contributed by atoms with Crippen molar-refractivity contribution in [3.63, 3.8) is 0 Å². The molecule has 1 atom stereocenters. The van der Waals surface area contributed by atoms with Crippen molar-refractivity contribution in [1.82, 2.24) is 0 Å². The molecule has 1 heterocycles. The molecule has 0 bridgehead atoms. The van der Waals surface area contributed by atoms with E-state index < -0.39 is 0 Å². The Morgan fingerprint density at radius 1 is 0.821 bits per heavy atom. The lowest BCUT2D eigenvalue weighted by atomic mass is 9.90. The molecule has 0 amide bonds. The van der Waals surface area contributed by atoms with Gasteiger partial charge in [-0.05, 0) is 20.3 Å². The molecule has 1 saturated heterocycles. The third kappa shape index (κ3) is 12.8. The topological polar surface area (TPSA) is 42.9 Å². The Hall–Kier alpha value is -0.570. The Kier molecular flexibility index (Phi) is 14.8. The Balaban J connectivity index is 1.83. The zero-order chi connectivity index (χ0) is 20.5. The number of rotatable bonds is 18. The number of quaternary nitrogens is 1. The molecule has 1 aliphatic heterocycles. The van der Waals surface area contributed by atoms with Crippen LogP contribution in [0.5, 0.6) is 0 Å². The molecule has 0 spiro atoms. The van der Waals surface area contributed by atoms with Gasteiger partial charge in [0.2, 0.25) is 0 Å². The van der Waals surface area contributed by atoms with Gasteiger partial charge in [0.05, 0.1) is 19.0 Å². The van der Waals surface area contributed by atoms with Crippen molar-refractivity contribution >= 4 is 5.97 Å². The SMILES string of the molecule is CCCCCCCCCCCCCCCCCC(=O)OC(C)(C)C1CC[NH2+]C1. The standard InChI is InChI=1S/C25H49NO2/c1-4-5-6-7-8-9-10-11-12-13-14-15-16-17-18-19-24(27)28-25(2,3)23-20-21-26-22-23/h23,26H,4-22H2,1-3H3/p+1. The van der Waals surface area contributed by atoms with Gasteiger partial charge in [-0.1, -0.05) is 96.8 Å². The highest BCUT2D eigenvalue weighted by Gasteiger charge is 2.37. The third-order valence-electron chi connectivity index (χ3n) is 6.51. The second kappa shape index (κ2) is 16.3. The number of hydrogen-bond donors (Lipinski definition) is 1. The summed E-state index contributed by atoms with van der Waals surface area (Å²) in [6.45, 7) is 8.72. The molecule has 28 heavy (non-hydrogen) atoms. The average molecular weight is 397 g/mol. The molecule has 3 heteroatoms. The van der Waals surface area contributed by atoms with E-state index in [1.807, 2.05) is 0 Å². The molecule has 1 fully saturated rings. The lowest BCUT2D eigenvalue weighted by molar-refractivity contribution is -0.639. The van der Waals surface area contributed by atoms with E-state index in [9.17, 15) is 4.79 Å². The molecule has 0 radical (unpaired) electrons. The van der Waals surface area contributed by atoms with E-state index in [2.05, 4.69) is 26.1 Å². The minimum absolute atomic E-state index is 0.00611. The number of hydrogen-bond acceptors (Lipinski definition) is 2. The summed E-state index contributed by atoms with van der Waals surface area (Å²) in [5.41, 5.74) is -0.292. The van der Waals surface area contributed by atoms with Crippen molar-refractivity contribution in [2.75, 3.05) is 13.1 Å². The zero-order valence-electron chi connectivity index (χ0n) is 19.4. The smallest absolute Gasteiger partial charge is 0.306 e. The van der Waals surface area contributed by atoms with Crippen LogP contribution in [0.25, 0.3) is 0 Å². The number of carbonyl (C=O) groups is 1. The molecule has 0 aromatic carbocycles. The van der Waals surface area contributed by atoms with E-state index in [0.717, 1.165) is 13.0 Å². The van der Waals surface area contributed by atoms with Crippen LogP contribution in [0.3, 0.4) is 0 Å². The predicted molar refractivity (Wildman–Crippen MR) is 119 cm³/mol. The van der Waals surface area contributed by atoms with E-state index in [0.29, 0.717) is 12.3 Å². The van der Waals surface area contributed by atoms with E-state index in [-0.39, 0.29) is 11.6 Å². The van der Waals surface area contributed by atoms with Gasteiger partial charge in [0, 0.05) is 12.8 Å². The van der Waals surface area contributed by atoms with Gasteiger partial charge in [-0.15, -0.1) is 0 Å². The normalized spacial score (nSPS) is 17.2. The summed E-state index contributed by atoms with van der Waals surface area (Å²) in [6, 6.07) is 0. The monoisotopic (exact) mass is 396 g/mol. The number of ether oxygens (including phenoxy) is 1. The van der Waals surface area contributed by atoms with Crippen LogP contribution in [0.4, 0.5) is 0 Å². The van der Waals surface area contributed by atoms with Crippen molar-refractivity contribution in [2.24, 2.45) is 5.92 Å². The number of nitrogens with two attached hydrogens (primary N) is 1. The first kappa shape index (κ1) is 25.5. The summed E-state index contributed by atoms with van der Waals surface area (Å²) in [5, 5.41) is 2.33. The Morgan fingerprint density at radius 3 is 1.71 bits per heavy atom. The maximum atomic E-state index is 12.1. The van der Waals surface area contributed by atoms with Crippen LogP contribution in [-0.2, 0) is 9.53 Å². The molecule has 2 N–H and O–H groups in total. The van der Waals surface area contributed by atoms with Gasteiger partial charge in [0.25, 0.3) is 0 Å². The van der Waals surface area contributed by atoms with Gasteiger partial charge >= 0.3 is 5.97 Å². The van der Waals surface area contributed by atoms with Crippen molar-refractivity contribution in [3.05, 3.63) is 0 Å².